The highest BCUT2D eigenvalue weighted by atomic mass is 35.5. The second-order valence-electron chi connectivity index (χ2n) is 4.61. The Balaban J connectivity index is 2.68. The van der Waals surface area contributed by atoms with Crippen molar-refractivity contribution in [3.63, 3.8) is 0 Å². The van der Waals surface area contributed by atoms with E-state index in [4.69, 9.17) is 23.2 Å². The number of nitrogens with one attached hydrogen (secondary N) is 1. The Kier molecular flexibility index (Phi) is 6.32. The Morgan fingerprint density at radius 1 is 1.24 bits per heavy atom. The van der Waals surface area contributed by atoms with Crippen LogP contribution in [0.3, 0.4) is 0 Å². The van der Waals surface area contributed by atoms with E-state index in [2.05, 4.69) is 32.2 Å². The highest BCUT2D eigenvalue weighted by Gasteiger charge is 2.17. The smallest absolute Gasteiger partial charge is 0.0627 e. The van der Waals surface area contributed by atoms with Gasteiger partial charge in [0.25, 0.3) is 0 Å². The van der Waals surface area contributed by atoms with Crippen molar-refractivity contribution in [1.29, 1.82) is 0 Å². The summed E-state index contributed by atoms with van der Waals surface area (Å²) in [7, 11) is 0. The zero-order chi connectivity index (χ0) is 12.8. The molecule has 0 amide bonds. The predicted octanol–water partition coefficient (Wildman–Crippen LogP) is 4.73. The zero-order valence-corrected chi connectivity index (χ0v) is 12.3. The van der Waals surface area contributed by atoms with Crippen molar-refractivity contribution in [3.05, 3.63) is 33.8 Å². The SMILES string of the molecule is CCCNCC(C)C(C)c1cccc(Cl)c1Cl. The van der Waals surface area contributed by atoms with Gasteiger partial charge in [-0.25, -0.2) is 0 Å². The fraction of sp³-hybridized carbons (Fsp3) is 0.571. The van der Waals surface area contributed by atoms with Crippen LogP contribution in [0.25, 0.3) is 0 Å². The van der Waals surface area contributed by atoms with Crippen molar-refractivity contribution >= 4 is 23.2 Å². The summed E-state index contributed by atoms with van der Waals surface area (Å²) in [6, 6.07) is 5.86. The van der Waals surface area contributed by atoms with E-state index in [1.54, 1.807) is 0 Å². The molecule has 0 aliphatic rings. The predicted molar refractivity (Wildman–Crippen MR) is 77.2 cm³/mol. The van der Waals surface area contributed by atoms with Crippen molar-refractivity contribution in [2.45, 2.75) is 33.1 Å². The molecule has 0 saturated heterocycles. The second-order valence-corrected chi connectivity index (χ2v) is 5.40. The van der Waals surface area contributed by atoms with Gasteiger partial charge in [0.15, 0.2) is 0 Å². The van der Waals surface area contributed by atoms with E-state index < -0.39 is 0 Å². The van der Waals surface area contributed by atoms with Gasteiger partial charge < -0.3 is 5.32 Å². The number of halogens is 2. The van der Waals surface area contributed by atoms with Crippen LogP contribution >= 0.6 is 23.2 Å². The fourth-order valence-corrected chi connectivity index (χ4v) is 2.34. The summed E-state index contributed by atoms with van der Waals surface area (Å²) in [6.07, 6.45) is 1.17. The minimum absolute atomic E-state index is 0.408. The summed E-state index contributed by atoms with van der Waals surface area (Å²) < 4.78 is 0. The van der Waals surface area contributed by atoms with Crippen LogP contribution in [0, 0.1) is 5.92 Å². The molecule has 1 aromatic carbocycles. The van der Waals surface area contributed by atoms with E-state index in [-0.39, 0.29) is 0 Å². The van der Waals surface area contributed by atoms with Gasteiger partial charge in [-0.05, 0) is 43.0 Å². The van der Waals surface area contributed by atoms with Crippen LogP contribution in [0.4, 0.5) is 0 Å². The van der Waals surface area contributed by atoms with Gasteiger partial charge in [0.2, 0.25) is 0 Å². The third-order valence-corrected chi connectivity index (χ3v) is 4.05. The Bertz CT molecular complexity index is 352. The van der Waals surface area contributed by atoms with E-state index in [0.29, 0.717) is 21.9 Å². The van der Waals surface area contributed by atoms with Gasteiger partial charge in [-0.1, -0.05) is 56.1 Å². The molecule has 1 rings (SSSR count). The first-order valence-corrected chi connectivity index (χ1v) is 6.98. The Labute approximate surface area is 115 Å². The zero-order valence-electron chi connectivity index (χ0n) is 10.8. The first-order chi connectivity index (χ1) is 8.07. The fourth-order valence-electron chi connectivity index (χ4n) is 1.86. The lowest BCUT2D eigenvalue weighted by molar-refractivity contribution is 0.448. The van der Waals surface area contributed by atoms with E-state index in [1.807, 2.05) is 12.1 Å². The van der Waals surface area contributed by atoms with E-state index >= 15 is 0 Å². The molecule has 0 saturated carbocycles. The van der Waals surface area contributed by atoms with Crippen LogP contribution in [0.5, 0.6) is 0 Å². The highest BCUT2D eigenvalue weighted by molar-refractivity contribution is 6.42. The second kappa shape index (κ2) is 7.25. The summed E-state index contributed by atoms with van der Waals surface area (Å²) in [6.45, 7) is 8.70. The molecule has 0 heterocycles. The lowest BCUT2D eigenvalue weighted by Crippen LogP contribution is -2.25. The highest BCUT2D eigenvalue weighted by Crippen LogP contribution is 2.34. The molecule has 1 aromatic rings. The van der Waals surface area contributed by atoms with Gasteiger partial charge in [-0.15, -0.1) is 0 Å². The third-order valence-electron chi connectivity index (χ3n) is 3.22. The van der Waals surface area contributed by atoms with Crippen molar-refractivity contribution in [2.75, 3.05) is 13.1 Å². The van der Waals surface area contributed by atoms with Crippen LogP contribution in [-0.4, -0.2) is 13.1 Å². The first-order valence-electron chi connectivity index (χ1n) is 6.22. The average molecular weight is 274 g/mol. The number of benzene rings is 1. The molecule has 3 heteroatoms. The molecule has 2 unspecified atom stereocenters. The van der Waals surface area contributed by atoms with E-state index in [1.165, 1.54) is 6.42 Å². The number of hydrogen-bond acceptors (Lipinski definition) is 1. The van der Waals surface area contributed by atoms with Gasteiger partial charge in [0.05, 0.1) is 10.0 Å². The van der Waals surface area contributed by atoms with Crippen LogP contribution in [-0.2, 0) is 0 Å². The topological polar surface area (TPSA) is 12.0 Å². The number of rotatable bonds is 6. The molecular formula is C14H21Cl2N. The minimum atomic E-state index is 0.408. The van der Waals surface area contributed by atoms with Gasteiger partial charge in [0, 0.05) is 0 Å². The van der Waals surface area contributed by atoms with Crippen molar-refractivity contribution in [2.24, 2.45) is 5.92 Å². The molecule has 0 aromatic heterocycles. The summed E-state index contributed by atoms with van der Waals surface area (Å²) in [5, 5.41) is 4.78. The van der Waals surface area contributed by atoms with Crippen molar-refractivity contribution in [3.8, 4) is 0 Å². The lowest BCUT2D eigenvalue weighted by atomic mass is 9.89. The largest absolute Gasteiger partial charge is 0.316 e. The Morgan fingerprint density at radius 3 is 2.59 bits per heavy atom. The van der Waals surface area contributed by atoms with Crippen molar-refractivity contribution < 1.29 is 0 Å². The Morgan fingerprint density at radius 2 is 1.94 bits per heavy atom. The molecule has 0 aliphatic heterocycles. The van der Waals surface area contributed by atoms with E-state index in [9.17, 15) is 0 Å². The quantitative estimate of drug-likeness (QED) is 0.739. The van der Waals surface area contributed by atoms with Crippen LogP contribution < -0.4 is 5.32 Å². The molecule has 0 aliphatic carbocycles. The lowest BCUT2D eigenvalue weighted by Gasteiger charge is -2.22. The molecule has 0 spiro atoms. The summed E-state index contributed by atoms with van der Waals surface area (Å²) >= 11 is 12.3. The summed E-state index contributed by atoms with van der Waals surface area (Å²) in [5.41, 5.74) is 1.14. The first kappa shape index (κ1) is 14.8. The molecule has 1 nitrogen and oxygen atoms in total. The molecule has 0 fully saturated rings. The number of hydrogen-bond donors (Lipinski definition) is 1. The molecule has 1 N–H and O–H groups in total. The van der Waals surface area contributed by atoms with Gasteiger partial charge in [-0.3, -0.25) is 0 Å². The van der Waals surface area contributed by atoms with Gasteiger partial charge in [0.1, 0.15) is 0 Å². The van der Waals surface area contributed by atoms with Gasteiger partial charge >= 0.3 is 0 Å². The van der Waals surface area contributed by atoms with Crippen LogP contribution in [0.2, 0.25) is 10.0 Å². The maximum absolute atomic E-state index is 6.24. The standard InChI is InChI=1S/C14H21Cl2N/c1-4-8-17-9-10(2)11(3)12-6-5-7-13(15)14(12)16/h5-7,10-11,17H,4,8-9H2,1-3H3. The average Bonchev–Trinajstić information content (AvgIpc) is 2.32. The molecular weight excluding hydrogens is 253 g/mol. The van der Waals surface area contributed by atoms with Crippen LogP contribution in [0.15, 0.2) is 18.2 Å². The van der Waals surface area contributed by atoms with Gasteiger partial charge in [-0.2, -0.15) is 0 Å². The molecule has 2 atom stereocenters. The molecule has 0 radical (unpaired) electrons. The molecule has 17 heavy (non-hydrogen) atoms. The molecule has 96 valence electrons. The minimum Gasteiger partial charge on any atom is -0.316 e. The van der Waals surface area contributed by atoms with Crippen molar-refractivity contribution in [1.82, 2.24) is 5.32 Å². The summed E-state index contributed by atoms with van der Waals surface area (Å²) in [4.78, 5) is 0. The molecule has 0 bridgehead atoms. The van der Waals surface area contributed by atoms with Crippen LogP contribution in [0.1, 0.15) is 38.7 Å². The Hall–Kier alpha value is -0.240. The van der Waals surface area contributed by atoms with E-state index in [0.717, 1.165) is 18.7 Å². The monoisotopic (exact) mass is 273 g/mol. The maximum Gasteiger partial charge on any atom is 0.0627 e. The maximum atomic E-state index is 6.24. The summed E-state index contributed by atoms with van der Waals surface area (Å²) in [5.74, 6) is 0.947. The third kappa shape index (κ3) is 4.17. The normalized spacial score (nSPS) is 14.6.